The van der Waals surface area contributed by atoms with Crippen molar-refractivity contribution in [3.63, 3.8) is 0 Å². The third kappa shape index (κ3) is 3.55. The monoisotopic (exact) mass is 396 g/mol. The second-order valence-electron chi connectivity index (χ2n) is 7.00. The number of halogens is 1. The average Bonchev–Trinajstić information content (AvgIpc) is 2.73. The fourth-order valence-electron chi connectivity index (χ4n) is 3.69. The van der Waals surface area contributed by atoms with Crippen molar-refractivity contribution in [2.45, 2.75) is 13.0 Å². The van der Waals surface area contributed by atoms with Gasteiger partial charge in [0.2, 0.25) is 0 Å². The van der Waals surface area contributed by atoms with Crippen LogP contribution in [0.15, 0.2) is 63.8 Å². The van der Waals surface area contributed by atoms with Gasteiger partial charge in [-0.25, -0.2) is 0 Å². The Hall–Kier alpha value is -2.63. The van der Waals surface area contributed by atoms with Crippen LogP contribution in [0.2, 0.25) is 5.02 Å². The second-order valence-corrected chi connectivity index (χ2v) is 7.40. The summed E-state index contributed by atoms with van der Waals surface area (Å²) in [5.74, 6) is -0.149. The molecule has 1 atom stereocenters. The fraction of sp³-hybridized carbons (Fsp3) is 0.273. The smallest absolute Gasteiger partial charge is 0.289 e. The van der Waals surface area contributed by atoms with Crippen molar-refractivity contribution < 1.29 is 9.21 Å². The lowest BCUT2D eigenvalue weighted by Crippen LogP contribution is -2.49. The molecular formula is C22H21ClN2O3. The van der Waals surface area contributed by atoms with E-state index in [2.05, 4.69) is 11.8 Å². The van der Waals surface area contributed by atoms with Crippen molar-refractivity contribution in [2.75, 3.05) is 26.2 Å². The molecule has 0 bridgehead atoms. The van der Waals surface area contributed by atoms with E-state index < -0.39 is 0 Å². The van der Waals surface area contributed by atoms with E-state index in [0.717, 1.165) is 23.7 Å². The second kappa shape index (κ2) is 7.78. The molecule has 2 aromatic carbocycles. The molecule has 6 heteroatoms. The minimum absolute atomic E-state index is 0.0938. The van der Waals surface area contributed by atoms with Crippen molar-refractivity contribution in [1.82, 2.24) is 9.80 Å². The van der Waals surface area contributed by atoms with E-state index in [0.29, 0.717) is 24.1 Å². The first kappa shape index (κ1) is 18.7. The minimum atomic E-state index is -0.243. The quantitative estimate of drug-likeness (QED) is 0.672. The average molecular weight is 397 g/mol. The number of fused-ring (bicyclic) bond motifs is 1. The normalized spacial score (nSPS) is 16.3. The first-order chi connectivity index (χ1) is 13.5. The molecular weight excluding hydrogens is 376 g/mol. The summed E-state index contributed by atoms with van der Waals surface area (Å²) in [6.07, 6.45) is 0. The van der Waals surface area contributed by atoms with Crippen molar-refractivity contribution >= 4 is 28.5 Å². The van der Waals surface area contributed by atoms with Crippen molar-refractivity contribution in [2.24, 2.45) is 0 Å². The zero-order chi connectivity index (χ0) is 19.7. The van der Waals surface area contributed by atoms with Crippen LogP contribution in [0.25, 0.3) is 11.0 Å². The highest BCUT2D eigenvalue weighted by Crippen LogP contribution is 2.28. The highest BCUT2D eigenvalue weighted by Gasteiger charge is 2.27. The van der Waals surface area contributed by atoms with Gasteiger partial charge in [-0.2, -0.15) is 0 Å². The van der Waals surface area contributed by atoms with Gasteiger partial charge in [0.25, 0.3) is 5.91 Å². The Bertz CT molecular complexity index is 1070. The molecule has 1 fully saturated rings. The molecule has 1 saturated heterocycles. The van der Waals surface area contributed by atoms with Crippen LogP contribution >= 0.6 is 11.6 Å². The molecule has 1 aliphatic rings. The summed E-state index contributed by atoms with van der Waals surface area (Å²) in [6, 6.07) is 16.3. The predicted molar refractivity (Wildman–Crippen MR) is 110 cm³/mol. The van der Waals surface area contributed by atoms with E-state index in [-0.39, 0.29) is 23.1 Å². The summed E-state index contributed by atoms with van der Waals surface area (Å²) >= 11 is 6.33. The Balaban J connectivity index is 1.47. The Labute approximate surface area is 168 Å². The van der Waals surface area contributed by atoms with Crippen molar-refractivity contribution in [1.29, 1.82) is 0 Å². The third-order valence-electron chi connectivity index (χ3n) is 5.35. The predicted octanol–water partition coefficient (Wildman–Crippen LogP) is 3.97. The number of nitrogens with zero attached hydrogens (tertiary/aromatic N) is 2. The van der Waals surface area contributed by atoms with Gasteiger partial charge >= 0.3 is 0 Å². The zero-order valence-electron chi connectivity index (χ0n) is 15.6. The van der Waals surface area contributed by atoms with Crippen LogP contribution in [0.5, 0.6) is 0 Å². The molecule has 0 N–H and O–H groups in total. The Kier molecular flexibility index (Phi) is 5.20. The third-order valence-corrected chi connectivity index (χ3v) is 5.69. The van der Waals surface area contributed by atoms with Crippen LogP contribution in [-0.2, 0) is 0 Å². The largest absolute Gasteiger partial charge is 0.451 e. The van der Waals surface area contributed by atoms with Gasteiger partial charge in [-0.05, 0) is 30.7 Å². The first-order valence-electron chi connectivity index (χ1n) is 9.35. The van der Waals surface area contributed by atoms with E-state index in [1.165, 1.54) is 6.07 Å². The summed E-state index contributed by atoms with van der Waals surface area (Å²) in [6.45, 7) is 4.74. The maximum atomic E-state index is 12.8. The van der Waals surface area contributed by atoms with Gasteiger partial charge in [-0.1, -0.05) is 41.9 Å². The molecule has 0 saturated carbocycles. The standard InChI is InChI=1S/C22H21ClN2O3/c1-15(16-6-2-4-8-18(16)23)24-10-12-25(13-11-24)22(27)21-14-19(26)17-7-3-5-9-20(17)28-21/h2-9,14-15H,10-13H2,1H3. The molecule has 0 aliphatic carbocycles. The molecule has 1 amide bonds. The van der Waals surface area contributed by atoms with Crippen LogP contribution in [0.1, 0.15) is 29.1 Å². The topological polar surface area (TPSA) is 53.8 Å². The molecule has 0 spiro atoms. The number of piperazine rings is 1. The Morgan fingerprint density at radius 3 is 2.46 bits per heavy atom. The minimum Gasteiger partial charge on any atom is -0.451 e. The number of hydrogen-bond donors (Lipinski definition) is 0. The summed E-state index contributed by atoms with van der Waals surface area (Å²) in [4.78, 5) is 29.2. The summed E-state index contributed by atoms with van der Waals surface area (Å²) in [7, 11) is 0. The highest BCUT2D eigenvalue weighted by molar-refractivity contribution is 6.31. The number of carbonyl (C=O) groups excluding carboxylic acids is 1. The molecule has 3 aromatic rings. The number of carbonyl (C=O) groups is 1. The van der Waals surface area contributed by atoms with E-state index in [4.69, 9.17) is 16.0 Å². The van der Waals surface area contributed by atoms with E-state index in [9.17, 15) is 9.59 Å². The first-order valence-corrected chi connectivity index (χ1v) is 9.73. The van der Waals surface area contributed by atoms with Crippen LogP contribution in [0, 0.1) is 0 Å². The van der Waals surface area contributed by atoms with Gasteiger partial charge in [-0.15, -0.1) is 0 Å². The molecule has 28 heavy (non-hydrogen) atoms. The number of benzene rings is 2. The van der Waals surface area contributed by atoms with E-state index >= 15 is 0 Å². The lowest BCUT2D eigenvalue weighted by molar-refractivity contribution is 0.0553. The number of para-hydroxylation sites is 1. The zero-order valence-corrected chi connectivity index (χ0v) is 16.4. The number of hydrogen-bond acceptors (Lipinski definition) is 4. The Morgan fingerprint density at radius 2 is 1.71 bits per heavy atom. The molecule has 1 aliphatic heterocycles. The van der Waals surface area contributed by atoms with E-state index in [1.807, 2.05) is 24.3 Å². The molecule has 2 heterocycles. The lowest BCUT2D eigenvalue weighted by Gasteiger charge is -2.38. The van der Waals surface area contributed by atoms with E-state index in [1.54, 1.807) is 29.2 Å². The summed E-state index contributed by atoms with van der Waals surface area (Å²) in [5.41, 5.74) is 1.32. The molecule has 4 rings (SSSR count). The lowest BCUT2D eigenvalue weighted by atomic mass is 10.1. The van der Waals surface area contributed by atoms with Crippen LogP contribution in [-0.4, -0.2) is 41.9 Å². The SMILES string of the molecule is CC(c1ccccc1Cl)N1CCN(C(=O)c2cc(=O)c3ccccc3o2)CC1. The van der Waals surface area contributed by atoms with Crippen LogP contribution in [0.4, 0.5) is 0 Å². The van der Waals surface area contributed by atoms with Crippen molar-refractivity contribution in [3.05, 3.63) is 81.2 Å². The number of rotatable bonds is 3. The molecule has 144 valence electrons. The molecule has 1 unspecified atom stereocenters. The van der Waals surface area contributed by atoms with Crippen molar-refractivity contribution in [3.8, 4) is 0 Å². The van der Waals surface area contributed by atoms with Gasteiger partial charge in [0.05, 0.1) is 5.39 Å². The summed E-state index contributed by atoms with van der Waals surface area (Å²) in [5, 5.41) is 1.24. The fourth-order valence-corrected chi connectivity index (χ4v) is 3.98. The van der Waals surface area contributed by atoms with Crippen LogP contribution in [0.3, 0.4) is 0 Å². The maximum Gasteiger partial charge on any atom is 0.289 e. The molecule has 5 nitrogen and oxygen atoms in total. The van der Waals surface area contributed by atoms with Crippen LogP contribution < -0.4 is 5.43 Å². The maximum absolute atomic E-state index is 12.8. The van der Waals surface area contributed by atoms with Gasteiger partial charge in [0.1, 0.15) is 5.58 Å². The van der Waals surface area contributed by atoms with Gasteiger partial charge < -0.3 is 9.32 Å². The molecule has 1 aromatic heterocycles. The number of amides is 1. The summed E-state index contributed by atoms with van der Waals surface area (Å²) < 4.78 is 5.69. The van der Waals surface area contributed by atoms with Gasteiger partial charge in [0, 0.05) is 43.3 Å². The molecule has 0 radical (unpaired) electrons. The Morgan fingerprint density at radius 1 is 1.04 bits per heavy atom. The van der Waals surface area contributed by atoms with Gasteiger partial charge in [0.15, 0.2) is 11.2 Å². The van der Waals surface area contributed by atoms with Gasteiger partial charge in [-0.3, -0.25) is 14.5 Å². The highest BCUT2D eigenvalue weighted by atomic mass is 35.5.